The minimum Gasteiger partial charge on any atom is -0.382 e. The fourth-order valence-corrected chi connectivity index (χ4v) is 1.11. The number of alkyl halides is 1. The summed E-state index contributed by atoms with van der Waals surface area (Å²) in [6, 6.07) is 0. The van der Waals surface area contributed by atoms with Crippen LogP contribution >= 0.6 is 15.9 Å². The molecule has 0 fully saturated rings. The van der Waals surface area contributed by atoms with Gasteiger partial charge in [-0.2, -0.15) is 0 Å². The van der Waals surface area contributed by atoms with Crippen LogP contribution in [0.1, 0.15) is 27.2 Å². The molecule has 0 spiro atoms. The molecule has 0 heterocycles. The van der Waals surface area contributed by atoms with Crippen molar-refractivity contribution in [2.75, 3.05) is 13.7 Å². The summed E-state index contributed by atoms with van der Waals surface area (Å²) in [6.45, 7) is 6.35. The Morgan fingerprint density at radius 2 is 2.15 bits per heavy atom. The highest BCUT2D eigenvalue weighted by Crippen LogP contribution is 2.08. The van der Waals surface area contributed by atoms with Crippen LogP contribution in [0.2, 0.25) is 0 Å². The van der Waals surface area contributed by atoms with Gasteiger partial charge in [-0.1, -0.05) is 22.9 Å². The molecule has 3 nitrogen and oxygen atoms in total. The molecule has 0 aromatic heterocycles. The van der Waals surface area contributed by atoms with E-state index in [1.165, 1.54) is 0 Å². The van der Waals surface area contributed by atoms with Crippen LogP contribution < -0.4 is 5.32 Å². The van der Waals surface area contributed by atoms with E-state index in [0.717, 1.165) is 6.42 Å². The minimum atomic E-state index is -0.299. The molecule has 0 aliphatic heterocycles. The zero-order chi connectivity index (χ0) is 10.5. The van der Waals surface area contributed by atoms with Gasteiger partial charge in [0.1, 0.15) is 0 Å². The molecule has 1 N–H and O–H groups in total. The summed E-state index contributed by atoms with van der Waals surface area (Å²) in [5.41, 5.74) is -0.299. The van der Waals surface area contributed by atoms with Crippen LogP contribution in [0.3, 0.4) is 0 Å². The first-order valence-electron chi connectivity index (χ1n) is 4.38. The van der Waals surface area contributed by atoms with Gasteiger partial charge in [-0.05, 0) is 20.3 Å². The quantitative estimate of drug-likeness (QED) is 0.756. The average Bonchev–Trinajstić information content (AvgIpc) is 2.01. The van der Waals surface area contributed by atoms with Gasteiger partial charge in [-0.3, -0.25) is 4.79 Å². The number of hydrogen-bond donors (Lipinski definition) is 1. The van der Waals surface area contributed by atoms with Crippen LogP contribution in [-0.2, 0) is 9.53 Å². The molecule has 1 amide bonds. The van der Waals surface area contributed by atoms with Crippen LogP contribution in [-0.4, -0.2) is 30.0 Å². The van der Waals surface area contributed by atoms with Crippen LogP contribution in [0.5, 0.6) is 0 Å². The normalized spacial score (nSPS) is 13.9. The van der Waals surface area contributed by atoms with Gasteiger partial charge in [-0.15, -0.1) is 0 Å². The minimum absolute atomic E-state index is 0.0181. The second kappa shape index (κ2) is 5.60. The Morgan fingerprint density at radius 1 is 1.62 bits per heavy atom. The lowest BCUT2D eigenvalue weighted by molar-refractivity contribution is -0.122. The van der Waals surface area contributed by atoms with Crippen molar-refractivity contribution in [2.24, 2.45) is 0 Å². The van der Waals surface area contributed by atoms with Crippen molar-refractivity contribution in [2.45, 2.75) is 37.6 Å². The fraction of sp³-hybridized carbons (Fsp3) is 0.889. The molecule has 0 aromatic rings. The summed E-state index contributed by atoms with van der Waals surface area (Å²) >= 11 is 3.29. The van der Waals surface area contributed by atoms with Gasteiger partial charge in [0, 0.05) is 7.11 Å². The van der Waals surface area contributed by atoms with E-state index in [1.54, 1.807) is 7.11 Å². The number of hydrogen-bond acceptors (Lipinski definition) is 2. The lowest BCUT2D eigenvalue weighted by atomic mass is 10.1. The van der Waals surface area contributed by atoms with Gasteiger partial charge in [0.15, 0.2) is 0 Å². The van der Waals surface area contributed by atoms with Crippen molar-refractivity contribution in [3.05, 3.63) is 0 Å². The monoisotopic (exact) mass is 251 g/mol. The SMILES string of the molecule is CCC(Br)C(=O)NC(C)(C)COC. The zero-order valence-electron chi connectivity index (χ0n) is 8.69. The maximum atomic E-state index is 11.5. The molecule has 1 unspecified atom stereocenters. The highest BCUT2D eigenvalue weighted by molar-refractivity contribution is 9.10. The number of amides is 1. The number of ether oxygens (including phenoxy) is 1. The summed E-state index contributed by atoms with van der Waals surface area (Å²) in [5, 5.41) is 2.90. The van der Waals surface area contributed by atoms with E-state index < -0.39 is 0 Å². The van der Waals surface area contributed by atoms with E-state index in [2.05, 4.69) is 21.2 Å². The molecular formula is C9H18BrNO2. The van der Waals surface area contributed by atoms with E-state index in [9.17, 15) is 4.79 Å². The van der Waals surface area contributed by atoms with E-state index in [0.29, 0.717) is 6.61 Å². The second-order valence-electron chi connectivity index (χ2n) is 3.68. The lowest BCUT2D eigenvalue weighted by Crippen LogP contribution is -2.49. The summed E-state index contributed by atoms with van der Waals surface area (Å²) in [6.07, 6.45) is 0.787. The van der Waals surface area contributed by atoms with Crippen LogP contribution in [0.15, 0.2) is 0 Å². The summed E-state index contributed by atoms with van der Waals surface area (Å²) in [5.74, 6) is 0.0181. The maximum absolute atomic E-state index is 11.5. The van der Waals surface area contributed by atoms with Gasteiger partial charge in [0.05, 0.1) is 17.0 Å². The van der Waals surface area contributed by atoms with Crippen molar-refractivity contribution in [1.29, 1.82) is 0 Å². The zero-order valence-corrected chi connectivity index (χ0v) is 10.3. The van der Waals surface area contributed by atoms with Gasteiger partial charge in [0.25, 0.3) is 0 Å². The van der Waals surface area contributed by atoms with Gasteiger partial charge in [-0.25, -0.2) is 0 Å². The highest BCUT2D eigenvalue weighted by atomic mass is 79.9. The first-order chi connectivity index (χ1) is 5.93. The van der Waals surface area contributed by atoms with E-state index in [-0.39, 0.29) is 16.3 Å². The summed E-state index contributed by atoms with van der Waals surface area (Å²) < 4.78 is 4.99. The van der Waals surface area contributed by atoms with Crippen molar-refractivity contribution in [1.82, 2.24) is 5.32 Å². The third-order valence-corrected chi connectivity index (χ3v) is 2.67. The first kappa shape index (κ1) is 12.9. The molecule has 0 bridgehead atoms. The van der Waals surface area contributed by atoms with Crippen LogP contribution in [0.25, 0.3) is 0 Å². The maximum Gasteiger partial charge on any atom is 0.234 e. The van der Waals surface area contributed by atoms with Crippen molar-refractivity contribution < 1.29 is 9.53 Å². The van der Waals surface area contributed by atoms with Crippen LogP contribution in [0.4, 0.5) is 0 Å². The standard InChI is InChI=1S/C9H18BrNO2/c1-5-7(10)8(12)11-9(2,3)6-13-4/h7H,5-6H2,1-4H3,(H,11,12). The third-order valence-electron chi connectivity index (χ3n) is 1.61. The van der Waals surface area contributed by atoms with E-state index in [4.69, 9.17) is 4.74 Å². The van der Waals surface area contributed by atoms with Crippen molar-refractivity contribution >= 4 is 21.8 Å². The summed E-state index contributed by atoms with van der Waals surface area (Å²) in [4.78, 5) is 11.3. The summed E-state index contributed by atoms with van der Waals surface area (Å²) in [7, 11) is 1.62. The Bertz CT molecular complexity index is 171. The molecule has 78 valence electrons. The Balaban J connectivity index is 4.03. The highest BCUT2D eigenvalue weighted by Gasteiger charge is 2.23. The molecule has 1 atom stereocenters. The number of rotatable bonds is 5. The topological polar surface area (TPSA) is 38.3 Å². The lowest BCUT2D eigenvalue weighted by Gasteiger charge is -2.26. The number of carbonyl (C=O) groups excluding carboxylic acids is 1. The predicted molar refractivity (Wildman–Crippen MR) is 57.1 cm³/mol. The second-order valence-corrected chi connectivity index (χ2v) is 4.79. The average molecular weight is 252 g/mol. The molecule has 0 radical (unpaired) electrons. The number of halogens is 1. The molecular weight excluding hydrogens is 234 g/mol. The number of methoxy groups -OCH3 is 1. The molecule has 0 saturated carbocycles. The Hall–Kier alpha value is -0.0900. The molecule has 13 heavy (non-hydrogen) atoms. The molecule has 0 aromatic carbocycles. The van der Waals surface area contributed by atoms with Crippen LogP contribution in [0, 0.1) is 0 Å². The third kappa shape index (κ3) is 5.26. The van der Waals surface area contributed by atoms with Gasteiger partial charge < -0.3 is 10.1 Å². The molecule has 0 saturated heterocycles. The van der Waals surface area contributed by atoms with Crippen molar-refractivity contribution in [3.63, 3.8) is 0 Å². The largest absolute Gasteiger partial charge is 0.382 e. The van der Waals surface area contributed by atoms with Crippen molar-refractivity contribution in [3.8, 4) is 0 Å². The Morgan fingerprint density at radius 3 is 2.54 bits per heavy atom. The van der Waals surface area contributed by atoms with Gasteiger partial charge in [0.2, 0.25) is 5.91 Å². The first-order valence-corrected chi connectivity index (χ1v) is 5.29. The molecule has 4 heteroatoms. The number of carbonyl (C=O) groups is 1. The Labute approximate surface area is 88.4 Å². The fourth-order valence-electron chi connectivity index (χ4n) is 0.994. The molecule has 0 aliphatic rings. The predicted octanol–water partition coefficient (Wildman–Crippen LogP) is 1.70. The van der Waals surface area contributed by atoms with E-state index >= 15 is 0 Å². The molecule has 0 aliphatic carbocycles. The molecule has 0 rings (SSSR count). The smallest absolute Gasteiger partial charge is 0.234 e. The van der Waals surface area contributed by atoms with Gasteiger partial charge >= 0.3 is 0 Å². The Kier molecular flexibility index (Phi) is 5.56. The number of nitrogens with one attached hydrogen (secondary N) is 1. The van der Waals surface area contributed by atoms with E-state index in [1.807, 2.05) is 20.8 Å².